The van der Waals surface area contributed by atoms with E-state index >= 15 is 0 Å². The van der Waals surface area contributed by atoms with Crippen LogP contribution in [0.5, 0.6) is 0 Å². The first-order valence-electron chi connectivity index (χ1n) is 8.51. The number of anilines is 1. The minimum Gasteiger partial charge on any atom is -0.360 e. The second kappa shape index (κ2) is 7.50. The van der Waals surface area contributed by atoms with Gasteiger partial charge in [-0.3, -0.25) is 9.59 Å². The van der Waals surface area contributed by atoms with Crippen molar-refractivity contribution in [1.29, 1.82) is 0 Å². The third-order valence-corrected chi connectivity index (χ3v) is 5.27. The summed E-state index contributed by atoms with van der Waals surface area (Å²) in [4.78, 5) is 28.5. The molecule has 1 aromatic heterocycles. The van der Waals surface area contributed by atoms with Crippen LogP contribution in [-0.4, -0.2) is 10.9 Å². The minimum absolute atomic E-state index is 0.0331. The fourth-order valence-electron chi connectivity index (χ4n) is 3.06. The fourth-order valence-corrected chi connectivity index (χ4v) is 3.47. The van der Waals surface area contributed by atoms with E-state index in [4.69, 9.17) is 23.2 Å². The molecule has 0 bridgehead atoms. The number of pyridine rings is 1. The van der Waals surface area contributed by atoms with Crippen molar-refractivity contribution in [2.45, 2.75) is 0 Å². The van der Waals surface area contributed by atoms with Crippen molar-refractivity contribution in [3.8, 4) is 11.1 Å². The SMILES string of the molecule is O=C(Nc1ccccc1-c1cccc(Cl)c1Cl)c1c[nH]c2ccccc2c1=O. The lowest BCUT2D eigenvalue weighted by Gasteiger charge is -2.13. The Morgan fingerprint density at radius 3 is 2.43 bits per heavy atom. The maximum absolute atomic E-state index is 12.8. The summed E-state index contributed by atoms with van der Waals surface area (Å²) in [6.45, 7) is 0. The van der Waals surface area contributed by atoms with Crippen molar-refractivity contribution in [2.24, 2.45) is 0 Å². The molecule has 0 spiro atoms. The second-order valence-electron chi connectivity index (χ2n) is 6.18. The second-order valence-corrected chi connectivity index (χ2v) is 6.96. The highest BCUT2D eigenvalue weighted by Gasteiger charge is 2.16. The van der Waals surface area contributed by atoms with Crippen LogP contribution in [0.3, 0.4) is 0 Å². The Labute approximate surface area is 170 Å². The number of aromatic nitrogens is 1. The van der Waals surface area contributed by atoms with Gasteiger partial charge >= 0.3 is 0 Å². The Hall–Kier alpha value is -3.08. The molecular weight excluding hydrogens is 395 g/mol. The molecule has 138 valence electrons. The van der Waals surface area contributed by atoms with Crippen molar-refractivity contribution < 1.29 is 4.79 Å². The number of H-pyrrole nitrogens is 1. The number of benzene rings is 3. The number of hydrogen-bond donors (Lipinski definition) is 2. The highest BCUT2D eigenvalue weighted by Crippen LogP contribution is 2.37. The molecule has 0 fully saturated rings. The van der Waals surface area contributed by atoms with E-state index in [1.165, 1.54) is 6.20 Å². The summed E-state index contributed by atoms with van der Waals surface area (Å²) >= 11 is 12.5. The number of aromatic amines is 1. The minimum atomic E-state index is -0.502. The standard InChI is InChI=1S/C22H14Cl2N2O2/c23-17-9-5-8-14(20(17)24)13-6-1-4-11-19(13)26-22(28)16-12-25-18-10-3-2-7-15(18)21(16)27/h1-12H,(H,25,27)(H,26,28). The molecule has 0 aliphatic carbocycles. The van der Waals surface area contributed by atoms with Gasteiger partial charge in [-0.1, -0.05) is 65.7 Å². The molecule has 2 N–H and O–H groups in total. The third-order valence-electron chi connectivity index (χ3n) is 4.45. The van der Waals surface area contributed by atoms with Gasteiger partial charge in [0.25, 0.3) is 5.91 Å². The number of amides is 1. The number of rotatable bonds is 3. The molecule has 28 heavy (non-hydrogen) atoms. The molecular formula is C22H14Cl2N2O2. The summed E-state index contributed by atoms with van der Waals surface area (Å²) in [6.07, 6.45) is 1.43. The zero-order valence-electron chi connectivity index (χ0n) is 14.5. The molecule has 4 rings (SSSR count). The summed E-state index contributed by atoms with van der Waals surface area (Å²) in [5.41, 5.74) is 2.31. The van der Waals surface area contributed by atoms with Crippen molar-refractivity contribution >= 4 is 45.7 Å². The van der Waals surface area contributed by atoms with Gasteiger partial charge in [-0.2, -0.15) is 0 Å². The van der Waals surface area contributed by atoms with Crippen LogP contribution < -0.4 is 10.7 Å². The van der Waals surface area contributed by atoms with Gasteiger partial charge in [0.2, 0.25) is 5.43 Å². The van der Waals surface area contributed by atoms with Crippen LogP contribution in [0.15, 0.2) is 77.7 Å². The number of hydrogen-bond acceptors (Lipinski definition) is 2. The van der Waals surface area contributed by atoms with Gasteiger partial charge in [0.05, 0.1) is 10.0 Å². The number of fused-ring (bicyclic) bond motifs is 1. The highest BCUT2D eigenvalue weighted by molar-refractivity contribution is 6.43. The average molecular weight is 409 g/mol. The number of carbonyl (C=O) groups excluding carboxylic acids is 1. The molecule has 6 heteroatoms. The molecule has 1 heterocycles. The lowest BCUT2D eigenvalue weighted by molar-refractivity contribution is 0.102. The summed E-state index contributed by atoms with van der Waals surface area (Å²) in [5, 5.41) is 4.10. The maximum atomic E-state index is 12.8. The van der Waals surface area contributed by atoms with Gasteiger partial charge in [-0.25, -0.2) is 0 Å². The van der Waals surface area contributed by atoms with E-state index in [1.807, 2.05) is 24.3 Å². The predicted octanol–water partition coefficient (Wildman–Crippen LogP) is 5.75. The first-order chi connectivity index (χ1) is 13.6. The van der Waals surface area contributed by atoms with Crippen LogP contribution >= 0.6 is 23.2 Å². The van der Waals surface area contributed by atoms with Crippen molar-refractivity contribution in [3.05, 3.63) is 98.8 Å². The molecule has 0 radical (unpaired) electrons. The van der Waals surface area contributed by atoms with E-state index < -0.39 is 5.91 Å². The van der Waals surface area contributed by atoms with Crippen LogP contribution in [0.1, 0.15) is 10.4 Å². The van der Waals surface area contributed by atoms with Crippen LogP contribution in [0.4, 0.5) is 5.69 Å². The van der Waals surface area contributed by atoms with E-state index in [0.717, 1.165) is 0 Å². The van der Waals surface area contributed by atoms with Gasteiger partial charge in [0.15, 0.2) is 0 Å². The molecule has 1 amide bonds. The van der Waals surface area contributed by atoms with Crippen LogP contribution in [0, 0.1) is 0 Å². The Balaban J connectivity index is 1.75. The molecule has 0 unspecified atom stereocenters. The normalized spacial score (nSPS) is 10.8. The molecule has 0 saturated heterocycles. The monoisotopic (exact) mass is 408 g/mol. The maximum Gasteiger partial charge on any atom is 0.261 e. The summed E-state index contributed by atoms with van der Waals surface area (Å²) < 4.78 is 0. The van der Waals surface area contributed by atoms with Crippen molar-refractivity contribution in [3.63, 3.8) is 0 Å². The van der Waals surface area contributed by atoms with Crippen LogP contribution in [0.2, 0.25) is 10.0 Å². The van der Waals surface area contributed by atoms with Crippen LogP contribution in [0.25, 0.3) is 22.0 Å². The van der Waals surface area contributed by atoms with E-state index in [1.54, 1.807) is 42.5 Å². The van der Waals surface area contributed by atoms with Gasteiger partial charge in [-0.15, -0.1) is 0 Å². The van der Waals surface area contributed by atoms with Crippen LogP contribution in [-0.2, 0) is 0 Å². The Morgan fingerprint density at radius 2 is 1.57 bits per heavy atom. The van der Waals surface area contributed by atoms with E-state index in [-0.39, 0.29) is 11.0 Å². The topological polar surface area (TPSA) is 62.0 Å². The number of carbonyl (C=O) groups is 1. The molecule has 3 aromatic carbocycles. The first-order valence-corrected chi connectivity index (χ1v) is 9.27. The van der Waals surface area contributed by atoms with Gasteiger partial charge in [0, 0.05) is 33.9 Å². The summed E-state index contributed by atoms with van der Waals surface area (Å²) in [7, 11) is 0. The number of nitrogens with one attached hydrogen (secondary N) is 2. The number of halogens is 2. The van der Waals surface area contributed by atoms with Gasteiger partial charge in [0.1, 0.15) is 5.56 Å². The zero-order chi connectivity index (χ0) is 19.7. The van der Waals surface area contributed by atoms with E-state index in [0.29, 0.717) is 37.8 Å². The molecule has 0 atom stereocenters. The molecule has 4 aromatic rings. The molecule has 4 nitrogen and oxygen atoms in total. The lowest BCUT2D eigenvalue weighted by atomic mass is 10.0. The Kier molecular flexibility index (Phi) is 4.90. The van der Waals surface area contributed by atoms with Gasteiger partial charge < -0.3 is 10.3 Å². The summed E-state index contributed by atoms with van der Waals surface area (Å²) in [5.74, 6) is -0.502. The fraction of sp³-hybridized carbons (Fsp3) is 0. The summed E-state index contributed by atoms with van der Waals surface area (Å²) in [6, 6.07) is 19.6. The first kappa shape index (κ1) is 18.3. The Morgan fingerprint density at radius 1 is 0.857 bits per heavy atom. The van der Waals surface area contributed by atoms with Gasteiger partial charge in [-0.05, 0) is 24.3 Å². The zero-order valence-corrected chi connectivity index (χ0v) is 16.0. The van der Waals surface area contributed by atoms with E-state index in [9.17, 15) is 9.59 Å². The quantitative estimate of drug-likeness (QED) is 0.452. The van der Waals surface area contributed by atoms with Crippen molar-refractivity contribution in [2.75, 3.05) is 5.32 Å². The molecule has 0 aliphatic heterocycles. The molecule has 0 aliphatic rings. The number of para-hydroxylation sites is 2. The van der Waals surface area contributed by atoms with E-state index in [2.05, 4.69) is 10.3 Å². The third kappa shape index (κ3) is 3.28. The highest BCUT2D eigenvalue weighted by atomic mass is 35.5. The largest absolute Gasteiger partial charge is 0.360 e. The molecule has 0 saturated carbocycles. The average Bonchev–Trinajstić information content (AvgIpc) is 2.71. The van der Waals surface area contributed by atoms with Crippen molar-refractivity contribution in [1.82, 2.24) is 4.98 Å². The Bertz CT molecular complexity index is 1260. The smallest absolute Gasteiger partial charge is 0.261 e. The predicted molar refractivity (Wildman–Crippen MR) is 114 cm³/mol. The lowest BCUT2D eigenvalue weighted by Crippen LogP contribution is -2.22.